The molecule has 258 valence electrons. The molecular weight excluding hydrogens is 604 g/mol. The molecule has 0 spiro atoms. The Morgan fingerprint density at radius 2 is 1.34 bits per heavy atom. The first-order valence-corrected chi connectivity index (χ1v) is 16.9. The van der Waals surface area contributed by atoms with E-state index in [-0.39, 0.29) is 30.4 Å². The van der Waals surface area contributed by atoms with Crippen molar-refractivity contribution < 1.29 is 33.3 Å². The lowest BCUT2D eigenvalue weighted by Gasteiger charge is -2.40. The molecule has 3 aliphatic rings. The number of fused-ring (bicyclic) bond motifs is 2. The van der Waals surface area contributed by atoms with Gasteiger partial charge in [-0.15, -0.1) is 0 Å². The van der Waals surface area contributed by atoms with Gasteiger partial charge >= 0.3 is 0 Å². The molecule has 2 aromatic rings. The van der Waals surface area contributed by atoms with Gasteiger partial charge in [0.2, 0.25) is 5.91 Å². The number of nitrogens with zero attached hydrogens (tertiary/aromatic N) is 3. The van der Waals surface area contributed by atoms with Crippen LogP contribution in [0.3, 0.4) is 0 Å². The van der Waals surface area contributed by atoms with Gasteiger partial charge in [-0.25, -0.2) is 4.99 Å². The van der Waals surface area contributed by atoms with Gasteiger partial charge < -0.3 is 44.5 Å². The van der Waals surface area contributed by atoms with E-state index in [4.69, 9.17) is 28.7 Å². The molecule has 47 heavy (non-hydrogen) atoms. The molecule has 2 amide bonds. The number of guanidine groups is 1. The predicted octanol–water partition coefficient (Wildman–Crippen LogP) is 0.877. The second-order valence-electron chi connectivity index (χ2n) is 11.9. The summed E-state index contributed by atoms with van der Waals surface area (Å²) >= 11 is 0. The summed E-state index contributed by atoms with van der Waals surface area (Å²) < 4.78 is 27.9. The minimum Gasteiger partial charge on any atom is -0.378 e. The van der Waals surface area contributed by atoms with E-state index in [1.165, 1.54) is 0 Å². The third-order valence-electron chi connectivity index (χ3n) is 8.43. The van der Waals surface area contributed by atoms with Crippen LogP contribution >= 0.6 is 0 Å². The Labute approximate surface area is 277 Å². The van der Waals surface area contributed by atoms with E-state index in [0.29, 0.717) is 97.8 Å². The number of hydrogen-bond donors (Lipinski definition) is 3. The van der Waals surface area contributed by atoms with Crippen molar-refractivity contribution in [2.24, 2.45) is 4.99 Å². The van der Waals surface area contributed by atoms with Crippen molar-refractivity contribution in [3.05, 3.63) is 48.0 Å². The van der Waals surface area contributed by atoms with E-state index in [0.717, 1.165) is 42.7 Å². The molecule has 3 N–H and O–H groups in total. The number of nitrogens with one attached hydrogen (secondary N) is 3. The quantitative estimate of drug-likeness (QED) is 0.395. The van der Waals surface area contributed by atoms with Crippen molar-refractivity contribution in [2.75, 3.05) is 112 Å². The molecule has 0 unspecified atom stereocenters. The van der Waals surface area contributed by atoms with Crippen LogP contribution in [-0.2, 0) is 28.5 Å². The Hall–Kier alpha value is -3.33. The summed E-state index contributed by atoms with van der Waals surface area (Å²) in [7, 11) is 0. The average Bonchev–Trinajstić information content (AvgIpc) is 3.10. The molecule has 0 saturated carbocycles. The summed E-state index contributed by atoms with van der Waals surface area (Å²) in [5.41, 5.74) is 0.655. The molecular formula is C34H50N6O7. The Morgan fingerprint density at radius 3 is 2.02 bits per heavy atom. The zero-order valence-electron chi connectivity index (χ0n) is 27.3. The third kappa shape index (κ3) is 12.0. The Morgan fingerprint density at radius 1 is 0.723 bits per heavy atom. The lowest BCUT2D eigenvalue weighted by Crippen LogP contribution is -2.58. The number of rotatable bonds is 7. The highest BCUT2D eigenvalue weighted by Gasteiger charge is 2.28. The van der Waals surface area contributed by atoms with Crippen molar-refractivity contribution in [1.82, 2.24) is 25.8 Å². The molecule has 0 bridgehead atoms. The number of amides is 2. The standard InChI is InChI=1S/C34H50N6O7/c41-32(26-39-11-13-43-15-17-45-19-21-47-22-20-46-18-16-44-14-12-39)35-24-30-7-9-40-10-8-31(38-34(40)37-30)25-36-33(42)29-6-5-27-3-1-2-4-28(27)23-29/h1-6,23,30-31H,7-22,24-26H2,(H,35,41)(H,36,42)(H,37,38)/t30-,31-/m0/s1. The topological polar surface area (TPSA) is 135 Å². The largest absolute Gasteiger partial charge is 0.378 e. The highest BCUT2D eigenvalue weighted by atomic mass is 16.6. The van der Waals surface area contributed by atoms with Crippen LogP contribution in [0.4, 0.5) is 0 Å². The van der Waals surface area contributed by atoms with Crippen molar-refractivity contribution in [3.63, 3.8) is 0 Å². The Balaban J connectivity index is 1.04. The second kappa shape index (κ2) is 19.5. The molecule has 13 nitrogen and oxygen atoms in total. The van der Waals surface area contributed by atoms with Gasteiger partial charge in [0, 0.05) is 50.9 Å². The zero-order chi connectivity index (χ0) is 32.5. The number of hydrogen-bond acceptors (Lipinski definition) is 11. The first kappa shape index (κ1) is 35.0. The van der Waals surface area contributed by atoms with Crippen LogP contribution in [0.2, 0.25) is 0 Å². The van der Waals surface area contributed by atoms with Crippen LogP contribution in [-0.4, -0.2) is 152 Å². The fraction of sp³-hybridized carbons (Fsp3) is 0.618. The van der Waals surface area contributed by atoms with Crippen molar-refractivity contribution in [3.8, 4) is 0 Å². The molecule has 3 heterocycles. The third-order valence-corrected chi connectivity index (χ3v) is 8.43. The van der Waals surface area contributed by atoms with Gasteiger partial charge in [0.25, 0.3) is 5.91 Å². The van der Waals surface area contributed by atoms with Crippen LogP contribution in [0.5, 0.6) is 0 Å². The molecule has 2 fully saturated rings. The Kier molecular flexibility index (Phi) is 14.5. The molecule has 0 aliphatic carbocycles. The van der Waals surface area contributed by atoms with Gasteiger partial charge in [0.1, 0.15) is 0 Å². The van der Waals surface area contributed by atoms with E-state index in [1.54, 1.807) is 0 Å². The molecule has 2 aromatic carbocycles. The van der Waals surface area contributed by atoms with Gasteiger partial charge in [-0.1, -0.05) is 30.3 Å². The van der Waals surface area contributed by atoms with Gasteiger partial charge in [0.15, 0.2) is 5.96 Å². The second-order valence-corrected chi connectivity index (χ2v) is 11.9. The first-order chi connectivity index (χ1) is 23.1. The fourth-order valence-electron chi connectivity index (χ4n) is 5.72. The molecule has 0 aromatic heterocycles. The number of carbonyl (C=O) groups is 2. The van der Waals surface area contributed by atoms with E-state index in [9.17, 15) is 9.59 Å². The number of carbonyl (C=O) groups excluding carboxylic acids is 2. The highest BCUT2D eigenvalue weighted by molar-refractivity contribution is 5.98. The Bertz CT molecular complexity index is 1280. The van der Waals surface area contributed by atoms with Crippen LogP contribution in [0.1, 0.15) is 23.2 Å². The van der Waals surface area contributed by atoms with Crippen LogP contribution in [0.15, 0.2) is 47.5 Å². The monoisotopic (exact) mass is 654 g/mol. The van der Waals surface area contributed by atoms with E-state index < -0.39 is 0 Å². The predicted molar refractivity (Wildman–Crippen MR) is 179 cm³/mol. The van der Waals surface area contributed by atoms with Crippen LogP contribution < -0.4 is 16.0 Å². The van der Waals surface area contributed by atoms with E-state index in [2.05, 4.69) is 20.9 Å². The number of aliphatic imine (C=N–C) groups is 1. The van der Waals surface area contributed by atoms with Crippen LogP contribution in [0.25, 0.3) is 10.8 Å². The van der Waals surface area contributed by atoms with E-state index >= 15 is 0 Å². The first-order valence-electron chi connectivity index (χ1n) is 16.9. The normalized spacial score (nSPS) is 23.0. The SMILES string of the molecule is O=C(CN1CCOCCOCCOCCOCCOCC1)NC[C@@H]1CCN2CC[C@@H](CNC(=O)c3ccc4ccccc4c3)NC2=N1. The highest BCUT2D eigenvalue weighted by Crippen LogP contribution is 2.17. The lowest BCUT2D eigenvalue weighted by molar-refractivity contribution is -0.122. The van der Waals surface area contributed by atoms with Gasteiger partial charge in [-0.05, 0) is 35.7 Å². The van der Waals surface area contributed by atoms with Gasteiger partial charge in [0.05, 0.1) is 78.7 Å². The maximum Gasteiger partial charge on any atom is 0.251 e. The lowest BCUT2D eigenvalue weighted by atomic mass is 10.1. The molecule has 13 heteroatoms. The van der Waals surface area contributed by atoms with Gasteiger partial charge in [-0.3, -0.25) is 14.5 Å². The minimum atomic E-state index is -0.0808. The fourth-order valence-corrected chi connectivity index (χ4v) is 5.72. The van der Waals surface area contributed by atoms with Crippen molar-refractivity contribution >= 4 is 28.5 Å². The summed E-state index contributed by atoms with van der Waals surface area (Å²) in [5.74, 6) is 0.712. The summed E-state index contributed by atoms with van der Waals surface area (Å²) in [5, 5.41) is 11.9. The molecule has 2 atom stereocenters. The number of ether oxygens (including phenoxy) is 5. The smallest absolute Gasteiger partial charge is 0.251 e. The molecule has 5 rings (SSSR count). The molecule has 3 aliphatic heterocycles. The maximum atomic E-state index is 13.0. The van der Waals surface area contributed by atoms with Crippen molar-refractivity contribution in [1.29, 1.82) is 0 Å². The number of benzene rings is 2. The zero-order valence-corrected chi connectivity index (χ0v) is 27.3. The van der Waals surface area contributed by atoms with Crippen molar-refractivity contribution in [2.45, 2.75) is 24.9 Å². The van der Waals surface area contributed by atoms with Gasteiger partial charge in [-0.2, -0.15) is 0 Å². The summed E-state index contributed by atoms with van der Waals surface area (Å²) in [6, 6.07) is 13.9. The minimum absolute atomic E-state index is 0.0130. The summed E-state index contributed by atoms with van der Waals surface area (Å²) in [6.45, 7) is 9.29. The van der Waals surface area contributed by atoms with Crippen LogP contribution in [0, 0.1) is 0 Å². The molecule has 0 radical (unpaired) electrons. The summed E-state index contributed by atoms with van der Waals surface area (Å²) in [4.78, 5) is 35.0. The maximum absolute atomic E-state index is 13.0. The molecule has 2 saturated heterocycles. The summed E-state index contributed by atoms with van der Waals surface area (Å²) in [6.07, 6.45) is 1.78. The average molecular weight is 655 g/mol. The van der Waals surface area contributed by atoms with E-state index in [1.807, 2.05) is 47.4 Å².